The van der Waals surface area contributed by atoms with Gasteiger partial charge in [0.15, 0.2) is 6.10 Å². The van der Waals surface area contributed by atoms with Gasteiger partial charge in [-0.3, -0.25) is 14.4 Å². The lowest BCUT2D eigenvalue weighted by Gasteiger charge is -2.18. The first-order chi connectivity index (χ1) is 30.5. The Morgan fingerprint density at radius 3 is 1.10 bits per heavy atom. The van der Waals surface area contributed by atoms with Crippen LogP contribution in [0.2, 0.25) is 0 Å². The van der Waals surface area contributed by atoms with Crippen molar-refractivity contribution in [2.75, 3.05) is 13.2 Å². The molecular weight excluding hydrogens is 769 g/mol. The number of carbonyl (C=O) groups is 3. The molecule has 0 saturated heterocycles. The number of allylic oxidation sites excluding steroid dienone is 12. The quantitative estimate of drug-likeness (QED) is 0.0199. The number of esters is 3. The summed E-state index contributed by atoms with van der Waals surface area (Å²) < 4.78 is 16.7. The molecule has 1 unspecified atom stereocenters. The molecule has 1 atom stereocenters. The number of ether oxygens (including phenoxy) is 3. The fourth-order valence-electron chi connectivity index (χ4n) is 7.17. The lowest BCUT2D eigenvalue weighted by molar-refractivity contribution is -0.167. The maximum Gasteiger partial charge on any atom is 0.306 e. The fraction of sp³-hybridized carbons (Fsp3) is 0.732. The predicted octanol–water partition coefficient (Wildman–Crippen LogP) is 17.0. The zero-order valence-corrected chi connectivity index (χ0v) is 40.6. The first kappa shape index (κ1) is 58.9. The number of unbranched alkanes of at least 4 members (excludes halogenated alkanes) is 27. The van der Waals surface area contributed by atoms with E-state index in [9.17, 15) is 14.4 Å². The molecule has 6 heteroatoms. The van der Waals surface area contributed by atoms with E-state index < -0.39 is 6.10 Å². The third-order valence-electron chi connectivity index (χ3n) is 11.1. The van der Waals surface area contributed by atoms with Crippen LogP contribution in [-0.4, -0.2) is 37.2 Å². The molecule has 62 heavy (non-hydrogen) atoms. The average Bonchev–Trinajstić information content (AvgIpc) is 3.27. The van der Waals surface area contributed by atoms with Crippen molar-refractivity contribution in [3.05, 3.63) is 72.9 Å². The van der Waals surface area contributed by atoms with Crippen LogP contribution in [0.1, 0.15) is 245 Å². The van der Waals surface area contributed by atoms with Crippen LogP contribution in [0.25, 0.3) is 0 Å². The molecule has 0 aliphatic heterocycles. The summed E-state index contributed by atoms with van der Waals surface area (Å²) >= 11 is 0. The highest BCUT2D eigenvalue weighted by Gasteiger charge is 2.19. The smallest absolute Gasteiger partial charge is 0.306 e. The van der Waals surface area contributed by atoms with Gasteiger partial charge in [-0.15, -0.1) is 0 Å². The molecule has 0 radical (unpaired) electrons. The second-order valence-corrected chi connectivity index (χ2v) is 17.2. The van der Waals surface area contributed by atoms with Gasteiger partial charge in [0, 0.05) is 19.3 Å². The molecule has 0 aromatic rings. The van der Waals surface area contributed by atoms with E-state index in [-0.39, 0.29) is 37.5 Å². The second kappa shape index (κ2) is 50.5. The summed E-state index contributed by atoms with van der Waals surface area (Å²) in [5, 5.41) is 0. The summed E-state index contributed by atoms with van der Waals surface area (Å²) in [6.07, 6.45) is 63.3. The van der Waals surface area contributed by atoms with E-state index in [1.54, 1.807) is 0 Å². The Morgan fingerprint density at radius 2 is 0.661 bits per heavy atom. The molecule has 0 bridgehead atoms. The van der Waals surface area contributed by atoms with Gasteiger partial charge >= 0.3 is 17.9 Å². The summed E-state index contributed by atoms with van der Waals surface area (Å²) in [5.74, 6) is -0.992. The van der Waals surface area contributed by atoms with Gasteiger partial charge in [-0.05, 0) is 57.8 Å². The maximum absolute atomic E-state index is 12.8. The maximum atomic E-state index is 12.8. The first-order valence-electron chi connectivity index (χ1n) is 26.0. The van der Waals surface area contributed by atoms with Crippen molar-refractivity contribution in [3.8, 4) is 0 Å². The monoisotopic (exact) mass is 865 g/mol. The van der Waals surface area contributed by atoms with E-state index in [2.05, 4.69) is 39.0 Å². The van der Waals surface area contributed by atoms with Gasteiger partial charge in [0.1, 0.15) is 13.2 Å². The Morgan fingerprint density at radius 1 is 0.339 bits per heavy atom. The molecule has 0 fully saturated rings. The molecule has 0 aliphatic rings. The van der Waals surface area contributed by atoms with E-state index >= 15 is 0 Å². The van der Waals surface area contributed by atoms with Crippen molar-refractivity contribution in [2.45, 2.75) is 252 Å². The third kappa shape index (κ3) is 47.9. The van der Waals surface area contributed by atoms with Crippen molar-refractivity contribution in [1.82, 2.24) is 0 Å². The van der Waals surface area contributed by atoms with Gasteiger partial charge in [-0.25, -0.2) is 0 Å². The molecule has 0 saturated carbocycles. The van der Waals surface area contributed by atoms with Crippen molar-refractivity contribution in [1.29, 1.82) is 0 Å². The standard InChI is InChI=1S/C56H96O6/c1-4-7-10-13-16-19-22-25-27-28-29-32-34-37-40-43-46-49-55(58)61-52-53(51-60-54(57)48-45-42-39-36-33-30-24-21-18-15-12-9-6-3)62-56(59)50-47-44-41-38-35-31-26-23-20-17-14-11-8-5-2/h9,12,15,18,21,24,30-31,33,35-36,39,53H,4-8,10-11,13-14,16-17,19-20,22-23,25-29,32,34,37-38,40-52H2,1-3H3/b12-9-,18-15-,24-21-,33-30-,35-31-,39-36-. The first-order valence-corrected chi connectivity index (χ1v) is 26.0. The highest BCUT2D eigenvalue weighted by atomic mass is 16.6. The molecule has 0 aromatic carbocycles. The van der Waals surface area contributed by atoms with Crippen molar-refractivity contribution in [3.63, 3.8) is 0 Å². The largest absolute Gasteiger partial charge is 0.462 e. The van der Waals surface area contributed by atoms with Gasteiger partial charge in [0.2, 0.25) is 0 Å². The highest BCUT2D eigenvalue weighted by Crippen LogP contribution is 2.15. The lowest BCUT2D eigenvalue weighted by atomic mass is 10.0. The molecular formula is C56H96O6. The van der Waals surface area contributed by atoms with Gasteiger partial charge in [0.25, 0.3) is 0 Å². The minimum absolute atomic E-state index is 0.102. The summed E-state index contributed by atoms with van der Waals surface area (Å²) in [5.41, 5.74) is 0. The van der Waals surface area contributed by atoms with Crippen molar-refractivity contribution in [2.24, 2.45) is 0 Å². The van der Waals surface area contributed by atoms with Crippen LogP contribution >= 0.6 is 0 Å². The number of rotatable bonds is 46. The Kier molecular flexibility index (Phi) is 47.9. The minimum atomic E-state index is -0.809. The topological polar surface area (TPSA) is 78.9 Å². The summed E-state index contributed by atoms with van der Waals surface area (Å²) in [6, 6.07) is 0. The van der Waals surface area contributed by atoms with E-state index in [1.807, 2.05) is 54.7 Å². The average molecular weight is 865 g/mol. The van der Waals surface area contributed by atoms with Crippen LogP contribution in [0.4, 0.5) is 0 Å². The van der Waals surface area contributed by atoms with Crippen molar-refractivity contribution >= 4 is 17.9 Å². The molecule has 0 spiro atoms. The van der Waals surface area contributed by atoms with E-state index in [0.29, 0.717) is 19.3 Å². The Labute approximate surface area is 382 Å². The summed E-state index contributed by atoms with van der Waals surface area (Å²) in [7, 11) is 0. The van der Waals surface area contributed by atoms with Crippen LogP contribution in [0, 0.1) is 0 Å². The van der Waals surface area contributed by atoms with Crippen molar-refractivity contribution < 1.29 is 28.6 Å². The minimum Gasteiger partial charge on any atom is -0.462 e. The molecule has 0 rings (SSSR count). The molecule has 356 valence electrons. The van der Waals surface area contributed by atoms with Gasteiger partial charge in [-0.1, -0.05) is 241 Å². The molecule has 0 N–H and O–H groups in total. The molecule has 6 nitrogen and oxygen atoms in total. The second-order valence-electron chi connectivity index (χ2n) is 17.2. The number of hydrogen-bond acceptors (Lipinski definition) is 6. The SMILES string of the molecule is CC\C=C/C=C\C=C/C=C\C=C/CCCC(=O)OCC(COC(=O)CCCCCCCCCCCCCCCCCCC)OC(=O)CCCCC/C=C\CCCCCCCCC. The fourth-order valence-corrected chi connectivity index (χ4v) is 7.17. The van der Waals surface area contributed by atoms with Crippen LogP contribution in [-0.2, 0) is 28.6 Å². The van der Waals surface area contributed by atoms with E-state index in [1.165, 1.54) is 135 Å². The molecule has 0 amide bonds. The van der Waals surface area contributed by atoms with E-state index in [4.69, 9.17) is 14.2 Å². The number of carbonyl (C=O) groups excluding carboxylic acids is 3. The van der Waals surface area contributed by atoms with Crippen LogP contribution < -0.4 is 0 Å². The zero-order chi connectivity index (χ0) is 45.1. The van der Waals surface area contributed by atoms with Gasteiger partial charge in [0.05, 0.1) is 0 Å². The van der Waals surface area contributed by atoms with Crippen LogP contribution in [0.15, 0.2) is 72.9 Å². The molecule has 0 aliphatic carbocycles. The lowest BCUT2D eigenvalue weighted by Crippen LogP contribution is -2.30. The zero-order valence-electron chi connectivity index (χ0n) is 40.6. The highest BCUT2D eigenvalue weighted by molar-refractivity contribution is 5.71. The van der Waals surface area contributed by atoms with Gasteiger partial charge in [-0.2, -0.15) is 0 Å². The third-order valence-corrected chi connectivity index (χ3v) is 11.1. The summed E-state index contributed by atoms with van der Waals surface area (Å²) in [6.45, 7) is 6.42. The van der Waals surface area contributed by atoms with E-state index in [0.717, 1.165) is 64.2 Å². The summed E-state index contributed by atoms with van der Waals surface area (Å²) in [4.78, 5) is 37.9. The Balaban J connectivity index is 4.45. The number of hydrogen-bond donors (Lipinski definition) is 0. The van der Waals surface area contributed by atoms with Gasteiger partial charge < -0.3 is 14.2 Å². The Bertz CT molecular complexity index is 1180. The molecule has 0 heterocycles. The molecule has 0 aromatic heterocycles. The van der Waals surface area contributed by atoms with Crippen LogP contribution in [0.3, 0.4) is 0 Å². The Hall–Kier alpha value is -3.15. The predicted molar refractivity (Wildman–Crippen MR) is 265 cm³/mol. The normalized spacial score (nSPS) is 12.6. The van der Waals surface area contributed by atoms with Crippen LogP contribution in [0.5, 0.6) is 0 Å².